The number of aliphatic carboxylic acids is 1. The lowest BCUT2D eigenvalue weighted by Gasteiger charge is -2.26. The number of carboxylic acids is 1. The summed E-state index contributed by atoms with van der Waals surface area (Å²) >= 11 is 0. The van der Waals surface area contributed by atoms with Crippen LogP contribution < -0.4 is 10.1 Å². The number of nitrogens with one attached hydrogen (secondary N) is 1. The van der Waals surface area contributed by atoms with Gasteiger partial charge in [0.2, 0.25) is 0 Å². The molecule has 2 N–H and O–H groups in total. The quantitative estimate of drug-likeness (QED) is 0.871. The summed E-state index contributed by atoms with van der Waals surface area (Å²) in [6.07, 6.45) is -0.0640. The standard InChI is InChI=1S/C19H19NO5/c1-24-14-8-6-13(7-9-14)16(19(22)23)20-18(21)17-15-5-3-2-4-12(15)10-11-25-17/h2-9,16-17H,10-11H2,1H3,(H,20,21)(H,22,23). The average molecular weight is 341 g/mol. The molecule has 0 fully saturated rings. The summed E-state index contributed by atoms with van der Waals surface area (Å²) in [5.41, 5.74) is 2.29. The molecule has 0 aromatic heterocycles. The number of hydrogen-bond donors (Lipinski definition) is 2. The van der Waals surface area contributed by atoms with Gasteiger partial charge in [-0.2, -0.15) is 0 Å². The topological polar surface area (TPSA) is 84.9 Å². The number of amides is 1. The molecular formula is C19H19NO5. The van der Waals surface area contributed by atoms with E-state index in [0.29, 0.717) is 17.9 Å². The maximum absolute atomic E-state index is 12.6. The number of carbonyl (C=O) groups excluding carboxylic acids is 1. The molecule has 0 radical (unpaired) electrons. The lowest BCUT2D eigenvalue weighted by atomic mass is 9.96. The Morgan fingerprint density at radius 3 is 2.60 bits per heavy atom. The number of benzene rings is 2. The number of hydrogen-bond acceptors (Lipinski definition) is 4. The van der Waals surface area contributed by atoms with Gasteiger partial charge in [-0.1, -0.05) is 36.4 Å². The normalized spacial score (nSPS) is 17.2. The highest BCUT2D eigenvalue weighted by atomic mass is 16.5. The van der Waals surface area contributed by atoms with Gasteiger partial charge in [-0.3, -0.25) is 4.79 Å². The van der Waals surface area contributed by atoms with Crippen molar-refractivity contribution >= 4 is 11.9 Å². The third-order valence-corrected chi connectivity index (χ3v) is 4.21. The molecule has 2 atom stereocenters. The van der Waals surface area contributed by atoms with Crippen molar-refractivity contribution in [1.82, 2.24) is 5.32 Å². The fourth-order valence-corrected chi connectivity index (χ4v) is 2.91. The Balaban J connectivity index is 1.81. The molecule has 2 aromatic carbocycles. The molecule has 0 spiro atoms. The first-order chi connectivity index (χ1) is 12.1. The summed E-state index contributed by atoms with van der Waals surface area (Å²) in [6.45, 7) is 0.426. The van der Waals surface area contributed by atoms with Crippen molar-refractivity contribution in [2.24, 2.45) is 0 Å². The zero-order valence-electron chi connectivity index (χ0n) is 13.8. The van der Waals surface area contributed by atoms with Crippen molar-refractivity contribution in [3.8, 4) is 5.75 Å². The molecule has 3 rings (SSSR count). The van der Waals surface area contributed by atoms with E-state index in [9.17, 15) is 14.7 Å². The van der Waals surface area contributed by atoms with Crippen molar-refractivity contribution in [2.45, 2.75) is 18.6 Å². The first-order valence-corrected chi connectivity index (χ1v) is 7.96. The molecular weight excluding hydrogens is 322 g/mol. The summed E-state index contributed by atoms with van der Waals surface area (Å²) in [4.78, 5) is 24.3. The van der Waals surface area contributed by atoms with Crippen LogP contribution in [0.15, 0.2) is 48.5 Å². The second-order valence-corrected chi connectivity index (χ2v) is 5.75. The molecule has 1 amide bonds. The number of fused-ring (bicyclic) bond motifs is 1. The van der Waals surface area contributed by atoms with Crippen LogP contribution in [0.5, 0.6) is 5.75 Å². The van der Waals surface area contributed by atoms with Gasteiger partial charge in [0, 0.05) is 0 Å². The molecule has 0 bridgehead atoms. The molecule has 2 aromatic rings. The van der Waals surface area contributed by atoms with E-state index in [2.05, 4.69) is 5.32 Å². The van der Waals surface area contributed by atoms with Crippen LogP contribution in [0.3, 0.4) is 0 Å². The smallest absolute Gasteiger partial charge is 0.330 e. The maximum atomic E-state index is 12.6. The number of ether oxygens (including phenoxy) is 2. The van der Waals surface area contributed by atoms with E-state index in [0.717, 1.165) is 17.5 Å². The van der Waals surface area contributed by atoms with Gasteiger partial charge >= 0.3 is 5.97 Å². The summed E-state index contributed by atoms with van der Waals surface area (Å²) in [6, 6.07) is 12.9. The van der Waals surface area contributed by atoms with Gasteiger partial charge in [0.1, 0.15) is 5.75 Å². The minimum atomic E-state index is -1.16. The van der Waals surface area contributed by atoms with E-state index in [-0.39, 0.29) is 0 Å². The van der Waals surface area contributed by atoms with Crippen molar-refractivity contribution in [1.29, 1.82) is 0 Å². The molecule has 1 aliphatic heterocycles. The molecule has 0 aliphatic carbocycles. The monoisotopic (exact) mass is 341 g/mol. The second-order valence-electron chi connectivity index (χ2n) is 5.75. The molecule has 1 heterocycles. The average Bonchev–Trinajstić information content (AvgIpc) is 2.65. The Labute approximate surface area is 145 Å². The van der Waals surface area contributed by atoms with Crippen LogP contribution in [-0.2, 0) is 20.7 Å². The summed E-state index contributed by atoms with van der Waals surface area (Å²) < 4.78 is 10.7. The molecule has 0 saturated heterocycles. The number of rotatable bonds is 5. The van der Waals surface area contributed by atoms with Crippen molar-refractivity contribution in [3.05, 3.63) is 65.2 Å². The number of carboxylic acid groups (broad SMARTS) is 1. The van der Waals surface area contributed by atoms with Crippen LogP contribution in [0.25, 0.3) is 0 Å². The zero-order chi connectivity index (χ0) is 17.8. The Morgan fingerprint density at radius 2 is 1.92 bits per heavy atom. The SMILES string of the molecule is COc1ccc(C(NC(=O)C2OCCc3ccccc32)C(=O)O)cc1. The highest BCUT2D eigenvalue weighted by Gasteiger charge is 2.31. The molecule has 1 aliphatic rings. The summed E-state index contributed by atoms with van der Waals surface area (Å²) in [5.74, 6) is -0.985. The van der Waals surface area contributed by atoms with E-state index in [1.807, 2.05) is 24.3 Å². The van der Waals surface area contributed by atoms with E-state index in [1.165, 1.54) is 7.11 Å². The Hall–Kier alpha value is -2.86. The van der Waals surface area contributed by atoms with Gasteiger partial charge < -0.3 is 19.9 Å². The fraction of sp³-hybridized carbons (Fsp3) is 0.263. The third kappa shape index (κ3) is 3.64. The van der Waals surface area contributed by atoms with Crippen molar-refractivity contribution in [3.63, 3.8) is 0 Å². The minimum absolute atomic E-state index is 0.426. The Bertz CT molecular complexity index is 772. The van der Waals surface area contributed by atoms with Crippen LogP contribution in [0.4, 0.5) is 0 Å². The molecule has 0 saturated carbocycles. The molecule has 25 heavy (non-hydrogen) atoms. The lowest BCUT2D eigenvalue weighted by molar-refractivity contribution is -0.145. The predicted molar refractivity (Wildman–Crippen MR) is 90.4 cm³/mol. The maximum Gasteiger partial charge on any atom is 0.330 e. The largest absolute Gasteiger partial charge is 0.497 e. The van der Waals surface area contributed by atoms with E-state index < -0.39 is 24.0 Å². The van der Waals surface area contributed by atoms with Crippen LogP contribution in [0.2, 0.25) is 0 Å². The Kier molecular flexibility index (Phi) is 5.00. The van der Waals surface area contributed by atoms with Gasteiger partial charge in [0.25, 0.3) is 5.91 Å². The van der Waals surface area contributed by atoms with Crippen LogP contribution in [0, 0.1) is 0 Å². The minimum Gasteiger partial charge on any atom is -0.497 e. The fourth-order valence-electron chi connectivity index (χ4n) is 2.91. The van der Waals surface area contributed by atoms with Crippen molar-refractivity contribution in [2.75, 3.05) is 13.7 Å². The predicted octanol–water partition coefficient (Wildman–Crippen LogP) is 2.25. The van der Waals surface area contributed by atoms with Gasteiger partial charge in [-0.15, -0.1) is 0 Å². The summed E-state index contributed by atoms with van der Waals surface area (Å²) in [5, 5.41) is 12.1. The molecule has 2 unspecified atom stereocenters. The molecule has 130 valence electrons. The third-order valence-electron chi connectivity index (χ3n) is 4.21. The van der Waals surface area contributed by atoms with Crippen molar-refractivity contribution < 1.29 is 24.2 Å². The van der Waals surface area contributed by atoms with Gasteiger partial charge in [-0.05, 0) is 35.2 Å². The van der Waals surface area contributed by atoms with Gasteiger partial charge in [-0.25, -0.2) is 4.79 Å². The molecule has 6 nitrogen and oxygen atoms in total. The lowest BCUT2D eigenvalue weighted by Crippen LogP contribution is -2.39. The number of methoxy groups -OCH3 is 1. The zero-order valence-corrected chi connectivity index (χ0v) is 13.8. The van der Waals surface area contributed by atoms with Crippen LogP contribution in [-0.4, -0.2) is 30.7 Å². The van der Waals surface area contributed by atoms with Crippen LogP contribution >= 0.6 is 0 Å². The Morgan fingerprint density at radius 1 is 1.20 bits per heavy atom. The van der Waals surface area contributed by atoms with Crippen LogP contribution in [0.1, 0.15) is 28.8 Å². The van der Waals surface area contributed by atoms with Gasteiger partial charge in [0.05, 0.1) is 13.7 Å². The number of carbonyl (C=O) groups is 2. The second kappa shape index (κ2) is 7.36. The highest BCUT2D eigenvalue weighted by molar-refractivity contribution is 5.88. The highest BCUT2D eigenvalue weighted by Crippen LogP contribution is 2.28. The van der Waals surface area contributed by atoms with E-state index in [1.54, 1.807) is 24.3 Å². The first kappa shape index (κ1) is 17.0. The van der Waals surface area contributed by atoms with E-state index in [4.69, 9.17) is 9.47 Å². The summed E-state index contributed by atoms with van der Waals surface area (Å²) in [7, 11) is 1.53. The molecule has 6 heteroatoms. The first-order valence-electron chi connectivity index (χ1n) is 7.96. The van der Waals surface area contributed by atoms with Gasteiger partial charge in [0.15, 0.2) is 12.1 Å². The van der Waals surface area contributed by atoms with E-state index >= 15 is 0 Å².